The number of hydrogen-bond donors (Lipinski definition) is 7. The summed E-state index contributed by atoms with van der Waals surface area (Å²) in [4.78, 5) is 11.8. The Balaban J connectivity index is 0. The van der Waals surface area contributed by atoms with Gasteiger partial charge in [0.2, 0.25) is 0 Å². The molecule has 0 aliphatic rings. The molecule has 32 heavy (non-hydrogen) atoms. The fourth-order valence-corrected chi connectivity index (χ4v) is 4.26. The molecule has 0 radical (unpaired) electrons. The highest BCUT2D eigenvalue weighted by Gasteiger charge is 2.42. The van der Waals surface area contributed by atoms with Gasteiger partial charge in [0.25, 0.3) is 0 Å². The van der Waals surface area contributed by atoms with Gasteiger partial charge >= 0.3 is 5.97 Å². The Labute approximate surface area is 194 Å². The molecule has 2 atom stereocenters. The van der Waals surface area contributed by atoms with E-state index in [1.807, 2.05) is 34.6 Å². The summed E-state index contributed by atoms with van der Waals surface area (Å²) in [5, 5.41) is 64.1. The van der Waals surface area contributed by atoms with Crippen LogP contribution in [0.3, 0.4) is 0 Å². The van der Waals surface area contributed by atoms with Crippen molar-refractivity contribution >= 4 is 5.97 Å². The van der Waals surface area contributed by atoms with Crippen LogP contribution in [0.5, 0.6) is 0 Å². The molecule has 0 saturated carbocycles. The molecule has 0 amide bonds. The average molecular weight is 467 g/mol. The number of aliphatic carboxylic acids is 1. The first-order chi connectivity index (χ1) is 15.1. The summed E-state index contributed by atoms with van der Waals surface area (Å²) < 4.78 is 0. The highest BCUT2D eigenvalue weighted by Crippen LogP contribution is 2.41. The van der Waals surface area contributed by atoms with Crippen molar-refractivity contribution in [3.05, 3.63) is 0 Å². The SMILES string of the molecule is CCC(CCCC(C)C(CO)(CO)CO)C(CC)(CC)C(=O)O.CCC(CO)(CO)CO. The summed E-state index contributed by atoms with van der Waals surface area (Å²) in [6.45, 7) is 8.45. The standard InChI is InChI=1S/C18H36O5.C6H14O3/c1-5-15(18(6-2,7-3)16(22)23)10-8-9-14(4)17(11-19,12-20)13-21;1-2-6(3-7,4-8)5-9/h14-15,19-21H,5-13H2,1-4H3,(H,22,23);7-9H,2-5H2,1H3. The van der Waals surface area contributed by atoms with Crippen molar-refractivity contribution in [2.45, 2.75) is 79.6 Å². The molecule has 8 heteroatoms. The number of hydrogen-bond acceptors (Lipinski definition) is 7. The Morgan fingerprint density at radius 2 is 1.16 bits per heavy atom. The monoisotopic (exact) mass is 466 g/mol. The number of aliphatic hydroxyl groups is 6. The lowest BCUT2D eigenvalue weighted by Crippen LogP contribution is -2.40. The Morgan fingerprint density at radius 3 is 1.38 bits per heavy atom. The first-order valence-corrected chi connectivity index (χ1v) is 12.0. The van der Waals surface area contributed by atoms with Gasteiger partial charge in [-0.15, -0.1) is 0 Å². The first kappa shape index (κ1) is 33.4. The van der Waals surface area contributed by atoms with E-state index in [9.17, 15) is 25.2 Å². The van der Waals surface area contributed by atoms with E-state index < -0.39 is 22.2 Å². The molecule has 0 aromatic rings. The molecular formula is C24H50O8. The second-order valence-electron chi connectivity index (χ2n) is 9.27. The molecule has 0 rings (SSSR count). The molecule has 0 aromatic carbocycles. The predicted molar refractivity (Wildman–Crippen MR) is 125 cm³/mol. The predicted octanol–water partition coefficient (Wildman–Crippen LogP) is 2.03. The van der Waals surface area contributed by atoms with Gasteiger partial charge in [0.15, 0.2) is 0 Å². The molecule has 0 heterocycles. The van der Waals surface area contributed by atoms with Crippen molar-refractivity contribution in [3.63, 3.8) is 0 Å². The van der Waals surface area contributed by atoms with Gasteiger partial charge in [-0.1, -0.05) is 47.5 Å². The summed E-state index contributed by atoms with van der Waals surface area (Å²) >= 11 is 0. The van der Waals surface area contributed by atoms with E-state index in [2.05, 4.69) is 0 Å². The van der Waals surface area contributed by atoms with Crippen LogP contribution in [0.25, 0.3) is 0 Å². The first-order valence-electron chi connectivity index (χ1n) is 12.0. The Morgan fingerprint density at radius 1 is 0.719 bits per heavy atom. The van der Waals surface area contributed by atoms with E-state index >= 15 is 0 Å². The van der Waals surface area contributed by atoms with Gasteiger partial charge in [-0.05, 0) is 43.9 Å². The molecule has 7 N–H and O–H groups in total. The molecule has 0 spiro atoms. The molecule has 0 bridgehead atoms. The van der Waals surface area contributed by atoms with Crippen LogP contribution < -0.4 is 0 Å². The maximum absolute atomic E-state index is 11.8. The topological polar surface area (TPSA) is 159 Å². The van der Waals surface area contributed by atoms with Crippen LogP contribution in [0.1, 0.15) is 79.6 Å². The smallest absolute Gasteiger partial charge is 0.309 e. The summed E-state index contributed by atoms with van der Waals surface area (Å²) in [5.74, 6) is -0.616. The molecular weight excluding hydrogens is 416 g/mol. The molecule has 0 aliphatic heterocycles. The molecule has 0 aromatic heterocycles. The van der Waals surface area contributed by atoms with Crippen LogP contribution in [0.4, 0.5) is 0 Å². The van der Waals surface area contributed by atoms with Crippen LogP contribution >= 0.6 is 0 Å². The second kappa shape index (κ2) is 16.8. The van der Waals surface area contributed by atoms with E-state index in [4.69, 9.17) is 15.3 Å². The van der Waals surface area contributed by atoms with Gasteiger partial charge < -0.3 is 35.7 Å². The Bertz CT molecular complexity index is 445. The maximum Gasteiger partial charge on any atom is 0.309 e. The third-order valence-electron chi connectivity index (χ3n) is 7.90. The van der Waals surface area contributed by atoms with E-state index in [0.717, 1.165) is 25.7 Å². The van der Waals surface area contributed by atoms with Gasteiger partial charge in [0, 0.05) is 10.8 Å². The zero-order valence-corrected chi connectivity index (χ0v) is 20.9. The molecule has 0 fully saturated rings. The van der Waals surface area contributed by atoms with E-state index in [-0.39, 0.29) is 51.5 Å². The van der Waals surface area contributed by atoms with Gasteiger partial charge in [-0.25, -0.2) is 0 Å². The minimum Gasteiger partial charge on any atom is -0.481 e. The van der Waals surface area contributed by atoms with Crippen LogP contribution in [-0.4, -0.2) is 81.4 Å². The highest BCUT2D eigenvalue weighted by atomic mass is 16.4. The summed E-state index contributed by atoms with van der Waals surface area (Å²) in [7, 11) is 0. The number of aliphatic hydroxyl groups excluding tert-OH is 6. The van der Waals surface area contributed by atoms with Crippen LogP contribution in [-0.2, 0) is 4.79 Å². The molecule has 0 aliphatic carbocycles. The van der Waals surface area contributed by atoms with Crippen molar-refractivity contribution in [2.24, 2.45) is 28.1 Å². The van der Waals surface area contributed by atoms with Gasteiger partial charge in [-0.3, -0.25) is 4.79 Å². The lowest BCUT2D eigenvalue weighted by atomic mass is 9.67. The van der Waals surface area contributed by atoms with Crippen LogP contribution in [0.15, 0.2) is 0 Å². The molecule has 194 valence electrons. The van der Waals surface area contributed by atoms with E-state index in [0.29, 0.717) is 19.3 Å². The van der Waals surface area contributed by atoms with Gasteiger partial charge in [0.1, 0.15) is 0 Å². The van der Waals surface area contributed by atoms with Gasteiger partial charge in [0.05, 0.1) is 45.1 Å². The lowest BCUT2D eigenvalue weighted by molar-refractivity contribution is -0.154. The zero-order chi connectivity index (χ0) is 25.4. The van der Waals surface area contributed by atoms with E-state index in [1.165, 1.54) is 0 Å². The largest absolute Gasteiger partial charge is 0.481 e. The summed E-state index contributed by atoms with van der Waals surface area (Å²) in [6, 6.07) is 0. The number of carboxylic acids is 1. The molecule has 8 nitrogen and oxygen atoms in total. The van der Waals surface area contributed by atoms with Crippen molar-refractivity contribution in [3.8, 4) is 0 Å². The van der Waals surface area contributed by atoms with Crippen molar-refractivity contribution in [1.82, 2.24) is 0 Å². The summed E-state index contributed by atoms with van der Waals surface area (Å²) in [5.41, 5.74) is -2.19. The fraction of sp³-hybridized carbons (Fsp3) is 0.958. The number of carboxylic acid groups (broad SMARTS) is 1. The zero-order valence-electron chi connectivity index (χ0n) is 20.9. The van der Waals surface area contributed by atoms with Crippen molar-refractivity contribution < 1.29 is 40.5 Å². The minimum absolute atomic E-state index is 0.0255. The lowest BCUT2D eigenvalue weighted by Gasteiger charge is -2.37. The third-order valence-corrected chi connectivity index (χ3v) is 7.90. The van der Waals surface area contributed by atoms with Gasteiger partial charge in [-0.2, -0.15) is 0 Å². The van der Waals surface area contributed by atoms with Crippen LogP contribution in [0, 0.1) is 28.1 Å². The third kappa shape index (κ3) is 8.54. The maximum atomic E-state index is 11.8. The quantitative estimate of drug-likeness (QED) is 0.171. The fourth-order valence-electron chi connectivity index (χ4n) is 4.26. The number of carbonyl (C=O) groups is 1. The average Bonchev–Trinajstić information content (AvgIpc) is 2.82. The molecule has 2 unspecified atom stereocenters. The Hall–Kier alpha value is -0.770. The van der Waals surface area contributed by atoms with E-state index in [1.54, 1.807) is 0 Å². The van der Waals surface area contributed by atoms with Crippen LogP contribution in [0.2, 0.25) is 0 Å². The highest BCUT2D eigenvalue weighted by molar-refractivity contribution is 5.74. The van der Waals surface area contributed by atoms with Crippen molar-refractivity contribution in [1.29, 1.82) is 0 Å². The normalized spacial score (nSPS) is 14.5. The summed E-state index contributed by atoms with van der Waals surface area (Å²) in [6.07, 6.45) is 5.07. The number of rotatable bonds is 17. The Kier molecular flexibility index (Phi) is 17.5. The van der Waals surface area contributed by atoms with Crippen molar-refractivity contribution in [2.75, 3.05) is 39.6 Å². The molecule has 0 saturated heterocycles. The minimum atomic E-state index is -0.860. The second-order valence-corrected chi connectivity index (χ2v) is 9.27.